The van der Waals surface area contributed by atoms with E-state index >= 15 is 0 Å². The minimum absolute atomic E-state index is 0.00578. The largest absolute Gasteiger partial charge is 0.484 e. The van der Waals surface area contributed by atoms with E-state index in [1.54, 1.807) is 7.11 Å². The highest BCUT2D eigenvalue weighted by Gasteiger charge is 2.12. The lowest BCUT2D eigenvalue weighted by Crippen LogP contribution is -2.41. The summed E-state index contributed by atoms with van der Waals surface area (Å²) in [7, 11) is 1.56. The van der Waals surface area contributed by atoms with Crippen molar-refractivity contribution in [2.75, 3.05) is 26.9 Å². The molecule has 0 aliphatic rings. The molecule has 0 aliphatic heterocycles. The zero-order valence-corrected chi connectivity index (χ0v) is 13.0. The molecule has 0 aromatic heterocycles. The van der Waals surface area contributed by atoms with Gasteiger partial charge in [0, 0.05) is 13.7 Å². The van der Waals surface area contributed by atoms with Gasteiger partial charge in [0.25, 0.3) is 5.91 Å². The molecule has 118 valence electrons. The lowest BCUT2D eigenvalue weighted by molar-refractivity contribution is -0.124. The van der Waals surface area contributed by atoms with E-state index in [4.69, 9.17) is 14.6 Å². The number of aliphatic hydroxyl groups is 1. The quantitative estimate of drug-likeness (QED) is 0.727. The Kier molecular flexibility index (Phi) is 7.79. The van der Waals surface area contributed by atoms with Gasteiger partial charge in [-0.15, -0.1) is 0 Å². The molecule has 0 saturated carbocycles. The second kappa shape index (κ2) is 9.37. The molecule has 0 saturated heterocycles. The number of hydrogen-bond donors (Lipinski definition) is 2. The number of amides is 1. The third kappa shape index (κ3) is 6.60. The standard InChI is InChI=1S/C16H25NO4/c1-12(2)13-4-6-15(7-5-13)21-11-16(19)17-14(8-9-18)10-20-3/h4-7,12,14,18H,8-11H2,1-3H3,(H,17,19). The Balaban J connectivity index is 2.41. The maximum atomic E-state index is 11.8. The van der Waals surface area contributed by atoms with Gasteiger partial charge < -0.3 is 19.9 Å². The minimum Gasteiger partial charge on any atom is -0.484 e. The number of hydrogen-bond acceptors (Lipinski definition) is 4. The Labute approximate surface area is 126 Å². The summed E-state index contributed by atoms with van der Waals surface area (Å²) >= 11 is 0. The molecular formula is C16H25NO4. The van der Waals surface area contributed by atoms with Crippen molar-refractivity contribution in [2.24, 2.45) is 0 Å². The van der Waals surface area contributed by atoms with Gasteiger partial charge in [0.2, 0.25) is 0 Å². The SMILES string of the molecule is COCC(CCO)NC(=O)COc1ccc(C(C)C)cc1. The van der Waals surface area contributed by atoms with E-state index in [1.807, 2.05) is 24.3 Å². The first-order chi connectivity index (χ1) is 10.1. The van der Waals surface area contributed by atoms with Crippen LogP contribution in [0.25, 0.3) is 0 Å². The molecule has 1 aromatic carbocycles. The van der Waals surface area contributed by atoms with Crippen molar-refractivity contribution < 1.29 is 19.4 Å². The predicted octanol–water partition coefficient (Wildman–Crippen LogP) is 1.70. The summed E-state index contributed by atoms with van der Waals surface area (Å²) in [5.41, 5.74) is 1.23. The zero-order chi connectivity index (χ0) is 15.7. The highest BCUT2D eigenvalue weighted by atomic mass is 16.5. The smallest absolute Gasteiger partial charge is 0.258 e. The van der Waals surface area contributed by atoms with E-state index in [-0.39, 0.29) is 25.2 Å². The highest BCUT2D eigenvalue weighted by Crippen LogP contribution is 2.18. The normalized spacial score (nSPS) is 12.2. The van der Waals surface area contributed by atoms with Gasteiger partial charge in [0.05, 0.1) is 12.6 Å². The van der Waals surface area contributed by atoms with Crippen LogP contribution >= 0.6 is 0 Å². The Bertz CT molecular complexity index is 411. The summed E-state index contributed by atoms with van der Waals surface area (Å²) in [5, 5.41) is 11.7. The van der Waals surface area contributed by atoms with Crippen LogP contribution in [0.5, 0.6) is 5.75 Å². The third-order valence-electron chi connectivity index (χ3n) is 3.13. The van der Waals surface area contributed by atoms with Gasteiger partial charge in [-0.1, -0.05) is 26.0 Å². The molecule has 1 aromatic rings. The topological polar surface area (TPSA) is 67.8 Å². The van der Waals surface area contributed by atoms with Crippen LogP contribution in [0.15, 0.2) is 24.3 Å². The number of ether oxygens (including phenoxy) is 2. The molecule has 0 fully saturated rings. The van der Waals surface area contributed by atoms with Gasteiger partial charge in [-0.25, -0.2) is 0 Å². The second-order valence-corrected chi connectivity index (χ2v) is 5.24. The van der Waals surface area contributed by atoms with Crippen molar-refractivity contribution in [3.63, 3.8) is 0 Å². The molecule has 0 heterocycles. The summed E-state index contributed by atoms with van der Waals surface area (Å²) in [6, 6.07) is 7.53. The number of nitrogens with one attached hydrogen (secondary N) is 1. The number of benzene rings is 1. The molecule has 0 radical (unpaired) electrons. The Morgan fingerprint density at radius 2 is 1.95 bits per heavy atom. The maximum Gasteiger partial charge on any atom is 0.258 e. The van der Waals surface area contributed by atoms with Crippen LogP contribution in [0, 0.1) is 0 Å². The number of methoxy groups -OCH3 is 1. The van der Waals surface area contributed by atoms with Gasteiger partial charge in [0.1, 0.15) is 5.75 Å². The van der Waals surface area contributed by atoms with E-state index in [9.17, 15) is 4.79 Å². The fourth-order valence-electron chi connectivity index (χ4n) is 1.92. The molecular weight excluding hydrogens is 270 g/mol. The molecule has 1 atom stereocenters. The molecule has 5 nitrogen and oxygen atoms in total. The van der Waals surface area contributed by atoms with E-state index in [2.05, 4.69) is 19.2 Å². The number of carbonyl (C=O) groups excluding carboxylic acids is 1. The first-order valence-electron chi connectivity index (χ1n) is 7.18. The summed E-state index contributed by atoms with van der Waals surface area (Å²) in [6.45, 7) is 4.58. The monoisotopic (exact) mass is 295 g/mol. The maximum absolute atomic E-state index is 11.8. The third-order valence-corrected chi connectivity index (χ3v) is 3.13. The first kappa shape index (κ1) is 17.5. The van der Waals surface area contributed by atoms with Crippen LogP contribution in [0.1, 0.15) is 31.7 Å². The van der Waals surface area contributed by atoms with Crippen LogP contribution in [0.4, 0.5) is 0 Å². The molecule has 2 N–H and O–H groups in total. The minimum atomic E-state index is -0.224. The molecule has 0 bridgehead atoms. The van der Waals surface area contributed by atoms with Gasteiger partial charge in [-0.05, 0) is 30.0 Å². The molecule has 0 spiro atoms. The Morgan fingerprint density at radius 3 is 2.48 bits per heavy atom. The van der Waals surface area contributed by atoms with Gasteiger partial charge in [0.15, 0.2) is 6.61 Å². The summed E-state index contributed by atoms with van der Waals surface area (Å²) in [5.74, 6) is 0.911. The first-order valence-corrected chi connectivity index (χ1v) is 7.18. The van der Waals surface area contributed by atoms with Crippen molar-refractivity contribution in [2.45, 2.75) is 32.2 Å². The van der Waals surface area contributed by atoms with Gasteiger partial charge in [-0.2, -0.15) is 0 Å². The lowest BCUT2D eigenvalue weighted by atomic mass is 10.0. The second-order valence-electron chi connectivity index (χ2n) is 5.24. The van der Waals surface area contributed by atoms with E-state index in [0.29, 0.717) is 24.7 Å². The Morgan fingerprint density at radius 1 is 1.29 bits per heavy atom. The van der Waals surface area contributed by atoms with Crippen molar-refractivity contribution in [3.8, 4) is 5.75 Å². The highest BCUT2D eigenvalue weighted by molar-refractivity contribution is 5.77. The molecule has 21 heavy (non-hydrogen) atoms. The van der Waals surface area contributed by atoms with Gasteiger partial charge >= 0.3 is 0 Å². The predicted molar refractivity (Wildman–Crippen MR) is 81.5 cm³/mol. The number of rotatable bonds is 9. The van der Waals surface area contributed by atoms with Crippen LogP contribution in [0.2, 0.25) is 0 Å². The summed E-state index contributed by atoms with van der Waals surface area (Å²) < 4.78 is 10.4. The van der Waals surface area contributed by atoms with Crippen molar-refractivity contribution in [1.29, 1.82) is 0 Å². The molecule has 5 heteroatoms. The van der Waals surface area contributed by atoms with Crippen LogP contribution < -0.4 is 10.1 Å². The van der Waals surface area contributed by atoms with E-state index < -0.39 is 0 Å². The van der Waals surface area contributed by atoms with Gasteiger partial charge in [-0.3, -0.25) is 4.79 Å². The summed E-state index contributed by atoms with van der Waals surface area (Å²) in [6.07, 6.45) is 0.461. The Hall–Kier alpha value is -1.59. The zero-order valence-electron chi connectivity index (χ0n) is 13.0. The molecule has 1 rings (SSSR count). The molecule has 1 amide bonds. The van der Waals surface area contributed by atoms with Crippen molar-refractivity contribution in [3.05, 3.63) is 29.8 Å². The fourth-order valence-corrected chi connectivity index (χ4v) is 1.92. The van der Waals surface area contributed by atoms with Crippen molar-refractivity contribution >= 4 is 5.91 Å². The number of carbonyl (C=O) groups is 1. The van der Waals surface area contributed by atoms with Crippen LogP contribution in [-0.4, -0.2) is 44.0 Å². The van der Waals surface area contributed by atoms with E-state index in [0.717, 1.165) is 0 Å². The van der Waals surface area contributed by atoms with Crippen LogP contribution in [-0.2, 0) is 9.53 Å². The average molecular weight is 295 g/mol. The number of aliphatic hydroxyl groups excluding tert-OH is 1. The molecule has 0 aliphatic carbocycles. The summed E-state index contributed by atoms with van der Waals surface area (Å²) in [4.78, 5) is 11.8. The van der Waals surface area contributed by atoms with E-state index in [1.165, 1.54) is 5.56 Å². The van der Waals surface area contributed by atoms with Crippen molar-refractivity contribution in [1.82, 2.24) is 5.32 Å². The lowest BCUT2D eigenvalue weighted by Gasteiger charge is -2.17. The average Bonchev–Trinajstić information content (AvgIpc) is 2.46. The van der Waals surface area contributed by atoms with Crippen LogP contribution in [0.3, 0.4) is 0 Å². The molecule has 1 unspecified atom stereocenters. The fraction of sp³-hybridized carbons (Fsp3) is 0.562.